The molecule has 0 radical (unpaired) electrons. The second-order valence-corrected chi connectivity index (χ2v) is 4.49. The third kappa shape index (κ3) is 2.95. The lowest BCUT2D eigenvalue weighted by Crippen LogP contribution is -2.09. The van der Waals surface area contributed by atoms with Crippen LogP contribution in [0.5, 0.6) is 5.75 Å². The van der Waals surface area contributed by atoms with Crippen LogP contribution in [-0.2, 0) is 4.79 Å². The van der Waals surface area contributed by atoms with Gasteiger partial charge in [0.15, 0.2) is 6.61 Å². The van der Waals surface area contributed by atoms with Gasteiger partial charge in [-0.15, -0.1) is 11.3 Å². The van der Waals surface area contributed by atoms with Crippen LogP contribution in [0.15, 0.2) is 29.8 Å². The van der Waals surface area contributed by atoms with Gasteiger partial charge in [0, 0.05) is 16.6 Å². The molecule has 0 saturated heterocycles. The summed E-state index contributed by atoms with van der Waals surface area (Å²) in [7, 11) is 0. The monoisotopic (exact) mass is 269 g/mol. The zero-order valence-corrected chi connectivity index (χ0v) is 10.2. The van der Waals surface area contributed by atoms with Crippen LogP contribution < -0.4 is 4.74 Å². The predicted molar refractivity (Wildman–Crippen MR) is 65.7 cm³/mol. The van der Waals surface area contributed by atoms with Gasteiger partial charge in [0.25, 0.3) is 0 Å². The van der Waals surface area contributed by atoms with Crippen molar-refractivity contribution in [1.82, 2.24) is 4.98 Å². The Morgan fingerprint density at radius 3 is 3.00 bits per heavy atom. The van der Waals surface area contributed by atoms with Crippen molar-refractivity contribution in [2.24, 2.45) is 0 Å². The van der Waals surface area contributed by atoms with Crippen molar-refractivity contribution in [3.05, 3.63) is 34.8 Å². The van der Waals surface area contributed by atoms with E-state index in [0.717, 1.165) is 5.01 Å². The summed E-state index contributed by atoms with van der Waals surface area (Å²) >= 11 is 7.34. The minimum Gasteiger partial charge on any atom is -0.481 e. The van der Waals surface area contributed by atoms with Crippen LogP contribution in [0, 0.1) is 0 Å². The van der Waals surface area contributed by atoms with Gasteiger partial charge in [-0.05, 0) is 18.2 Å². The standard InChI is InChI=1S/C11H8ClNO3S/c12-7-1-2-9(16-6-10(14)15)8(5-7)11-13-3-4-17-11/h1-5H,6H2,(H,14,15). The van der Waals surface area contributed by atoms with Crippen molar-refractivity contribution >= 4 is 28.9 Å². The number of benzene rings is 1. The topological polar surface area (TPSA) is 59.4 Å². The van der Waals surface area contributed by atoms with Crippen LogP contribution in [-0.4, -0.2) is 22.7 Å². The summed E-state index contributed by atoms with van der Waals surface area (Å²) in [4.78, 5) is 14.6. The molecule has 0 atom stereocenters. The lowest BCUT2D eigenvalue weighted by atomic mass is 10.2. The molecule has 2 aromatic rings. The van der Waals surface area contributed by atoms with E-state index in [-0.39, 0.29) is 6.61 Å². The van der Waals surface area contributed by atoms with E-state index in [4.69, 9.17) is 21.4 Å². The summed E-state index contributed by atoms with van der Waals surface area (Å²) in [6.45, 7) is -0.389. The fourth-order valence-corrected chi connectivity index (χ4v) is 2.12. The van der Waals surface area contributed by atoms with E-state index < -0.39 is 5.97 Å². The molecule has 0 saturated carbocycles. The number of carboxylic acids is 1. The Balaban J connectivity index is 2.34. The number of thiazole rings is 1. The van der Waals surface area contributed by atoms with Gasteiger partial charge in [-0.2, -0.15) is 0 Å². The molecule has 2 rings (SSSR count). The fourth-order valence-electron chi connectivity index (χ4n) is 1.29. The number of carboxylic acid groups (broad SMARTS) is 1. The van der Waals surface area contributed by atoms with Crippen LogP contribution in [0.25, 0.3) is 10.6 Å². The van der Waals surface area contributed by atoms with Gasteiger partial charge in [-0.25, -0.2) is 9.78 Å². The highest BCUT2D eigenvalue weighted by Crippen LogP contribution is 2.33. The maximum atomic E-state index is 10.5. The molecule has 0 aliphatic carbocycles. The number of ether oxygens (including phenoxy) is 1. The summed E-state index contributed by atoms with van der Waals surface area (Å²) < 4.78 is 5.19. The SMILES string of the molecule is O=C(O)COc1ccc(Cl)cc1-c1nccs1. The van der Waals surface area contributed by atoms with Gasteiger partial charge in [-0.3, -0.25) is 0 Å². The van der Waals surface area contributed by atoms with E-state index in [1.165, 1.54) is 11.3 Å². The summed E-state index contributed by atoms with van der Waals surface area (Å²) in [5, 5.41) is 11.7. The molecule has 0 bridgehead atoms. The highest BCUT2D eigenvalue weighted by atomic mass is 35.5. The smallest absolute Gasteiger partial charge is 0.341 e. The van der Waals surface area contributed by atoms with Crippen LogP contribution >= 0.6 is 22.9 Å². The van der Waals surface area contributed by atoms with Gasteiger partial charge < -0.3 is 9.84 Å². The quantitative estimate of drug-likeness (QED) is 0.927. The molecule has 0 amide bonds. The summed E-state index contributed by atoms with van der Waals surface area (Å²) in [5.41, 5.74) is 0.703. The second kappa shape index (κ2) is 5.16. The fraction of sp³-hybridized carbons (Fsp3) is 0.0909. The van der Waals surface area contributed by atoms with Gasteiger partial charge in [0.1, 0.15) is 10.8 Å². The number of halogens is 1. The Labute approximate surface area is 106 Å². The van der Waals surface area contributed by atoms with Gasteiger partial charge in [0.05, 0.1) is 5.56 Å². The maximum absolute atomic E-state index is 10.5. The largest absolute Gasteiger partial charge is 0.481 e. The van der Waals surface area contributed by atoms with E-state index >= 15 is 0 Å². The first kappa shape index (κ1) is 11.9. The second-order valence-electron chi connectivity index (χ2n) is 3.16. The lowest BCUT2D eigenvalue weighted by Gasteiger charge is -2.08. The average Bonchev–Trinajstić information content (AvgIpc) is 2.80. The number of rotatable bonds is 4. The van der Waals surface area contributed by atoms with Crippen molar-refractivity contribution in [1.29, 1.82) is 0 Å². The molecular formula is C11H8ClNO3S. The third-order valence-electron chi connectivity index (χ3n) is 1.96. The Morgan fingerprint density at radius 1 is 1.53 bits per heavy atom. The van der Waals surface area contributed by atoms with Crippen molar-refractivity contribution < 1.29 is 14.6 Å². The van der Waals surface area contributed by atoms with Gasteiger partial charge >= 0.3 is 5.97 Å². The third-order valence-corrected chi connectivity index (χ3v) is 3.00. The first-order chi connectivity index (χ1) is 8.16. The molecule has 0 fully saturated rings. The zero-order chi connectivity index (χ0) is 12.3. The molecule has 1 aromatic carbocycles. The Hall–Kier alpha value is -1.59. The molecule has 0 aliphatic heterocycles. The first-order valence-electron chi connectivity index (χ1n) is 4.71. The maximum Gasteiger partial charge on any atom is 0.341 e. The molecule has 0 spiro atoms. The number of hydrogen-bond donors (Lipinski definition) is 1. The van der Waals surface area contributed by atoms with Gasteiger partial charge in [0.2, 0.25) is 0 Å². The molecule has 0 unspecified atom stereocenters. The molecular weight excluding hydrogens is 262 g/mol. The predicted octanol–water partition coefficient (Wildman–Crippen LogP) is 2.93. The molecule has 88 valence electrons. The normalized spacial score (nSPS) is 10.2. The minimum absolute atomic E-state index is 0.389. The Morgan fingerprint density at radius 2 is 2.35 bits per heavy atom. The first-order valence-corrected chi connectivity index (χ1v) is 5.96. The van der Waals surface area contributed by atoms with E-state index in [9.17, 15) is 4.79 Å². The summed E-state index contributed by atoms with van der Waals surface area (Å²) in [5.74, 6) is -0.559. The van der Waals surface area contributed by atoms with E-state index in [1.54, 1.807) is 24.4 Å². The molecule has 1 N–H and O–H groups in total. The summed E-state index contributed by atoms with van der Waals surface area (Å²) in [6.07, 6.45) is 1.67. The van der Waals surface area contributed by atoms with Gasteiger partial charge in [-0.1, -0.05) is 11.6 Å². The number of hydrogen-bond acceptors (Lipinski definition) is 4. The van der Waals surface area contributed by atoms with Crippen LogP contribution in [0.1, 0.15) is 0 Å². The highest BCUT2D eigenvalue weighted by molar-refractivity contribution is 7.13. The van der Waals surface area contributed by atoms with Crippen molar-refractivity contribution in [3.63, 3.8) is 0 Å². The average molecular weight is 270 g/mol. The van der Waals surface area contributed by atoms with Crippen LogP contribution in [0.3, 0.4) is 0 Å². The van der Waals surface area contributed by atoms with Crippen molar-refractivity contribution in [3.8, 4) is 16.3 Å². The van der Waals surface area contributed by atoms with E-state index in [0.29, 0.717) is 16.3 Å². The number of nitrogens with zero attached hydrogens (tertiary/aromatic N) is 1. The number of carbonyl (C=O) groups is 1. The molecule has 1 aromatic heterocycles. The summed E-state index contributed by atoms with van der Waals surface area (Å²) in [6, 6.07) is 5.00. The Bertz CT molecular complexity index is 528. The van der Waals surface area contributed by atoms with Crippen LogP contribution in [0.4, 0.5) is 0 Å². The molecule has 17 heavy (non-hydrogen) atoms. The number of aliphatic carboxylic acids is 1. The van der Waals surface area contributed by atoms with E-state index in [2.05, 4.69) is 4.98 Å². The van der Waals surface area contributed by atoms with Crippen LogP contribution in [0.2, 0.25) is 5.02 Å². The van der Waals surface area contributed by atoms with Crippen molar-refractivity contribution in [2.75, 3.05) is 6.61 Å². The van der Waals surface area contributed by atoms with E-state index in [1.807, 2.05) is 5.38 Å². The molecule has 1 heterocycles. The molecule has 4 nitrogen and oxygen atoms in total. The Kier molecular flexibility index (Phi) is 3.61. The minimum atomic E-state index is -1.02. The molecule has 0 aliphatic rings. The highest BCUT2D eigenvalue weighted by Gasteiger charge is 2.10. The number of aromatic nitrogens is 1. The molecule has 6 heteroatoms. The van der Waals surface area contributed by atoms with Crippen molar-refractivity contribution in [2.45, 2.75) is 0 Å². The zero-order valence-electron chi connectivity index (χ0n) is 8.59. The lowest BCUT2D eigenvalue weighted by molar-refractivity contribution is -0.139.